The number of unbranched alkanes of at least 4 members (excludes halogenated alkanes) is 3. The molecule has 0 spiro atoms. The van der Waals surface area contributed by atoms with Gasteiger partial charge in [0.2, 0.25) is 0 Å². The lowest BCUT2D eigenvalue weighted by Crippen LogP contribution is -2.68. The Kier molecular flexibility index (Phi) is 7.83. The smallest absolute Gasteiger partial charge is 0.0309 e. The molecule has 2 aliphatic rings. The Labute approximate surface area is 188 Å². The van der Waals surface area contributed by atoms with Gasteiger partial charge in [-0.05, 0) is 107 Å². The van der Waals surface area contributed by atoms with E-state index in [2.05, 4.69) is 79.3 Å². The normalized spacial score (nSPS) is 36.0. The third kappa shape index (κ3) is 5.08. The first-order valence-corrected chi connectivity index (χ1v) is 12.5. The van der Waals surface area contributed by atoms with E-state index in [1.807, 2.05) is 0 Å². The van der Waals surface area contributed by atoms with Crippen LogP contribution in [0.25, 0.3) is 0 Å². The van der Waals surface area contributed by atoms with Crippen molar-refractivity contribution >= 4 is 0 Å². The Morgan fingerprint density at radius 1 is 0.600 bits per heavy atom. The minimum atomic E-state index is 0.0658. The topological polar surface area (TPSA) is 58.5 Å². The van der Waals surface area contributed by atoms with E-state index in [9.17, 15) is 0 Å². The first kappa shape index (κ1) is 26.1. The van der Waals surface area contributed by atoms with E-state index < -0.39 is 0 Å². The molecule has 0 aromatic carbocycles. The zero-order valence-electron chi connectivity index (χ0n) is 22.0. The highest BCUT2D eigenvalue weighted by molar-refractivity contribution is 5.06. The van der Waals surface area contributed by atoms with Crippen LogP contribution >= 0.6 is 0 Å². The second-order valence-electron chi connectivity index (χ2n) is 13.0. The maximum Gasteiger partial charge on any atom is 0.0309 e. The molecule has 0 aliphatic carbocycles. The van der Waals surface area contributed by atoms with Crippen LogP contribution in [0.2, 0.25) is 0 Å². The molecule has 2 saturated heterocycles. The number of hydrogen-bond donors (Lipinski definition) is 2. The second kappa shape index (κ2) is 9.00. The quantitative estimate of drug-likeness (QED) is 0.567. The van der Waals surface area contributed by atoms with Gasteiger partial charge in [-0.15, -0.1) is 0 Å². The van der Waals surface area contributed by atoms with Crippen molar-refractivity contribution in [3.05, 3.63) is 0 Å². The molecule has 0 aromatic heterocycles. The third-order valence-corrected chi connectivity index (χ3v) is 9.62. The van der Waals surface area contributed by atoms with Crippen LogP contribution < -0.4 is 11.5 Å². The van der Waals surface area contributed by atoms with Gasteiger partial charge in [0.25, 0.3) is 0 Å². The summed E-state index contributed by atoms with van der Waals surface area (Å²) in [5, 5.41) is 0. The molecular weight excluding hydrogens is 368 g/mol. The van der Waals surface area contributed by atoms with Gasteiger partial charge in [-0.3, -0.25) is 9.80 Å². The number of rotatable bonds is 7. The lowest BCUT2D eigenvalue weighted by Gasteiger charge is -2.57. The summed E-state index contributed by atoms with van der Waals surface area (Å²) in [6.07, 6.45) is 10.2. The van der Waals surface area contributed by atoms with Crippen LogP contribution in [-0.2, 0) is 0 Å². The van der Waals surface area contributed by atoms with Crippen LogP contribution in [0, 0.1) is 11.8 Å². The predicted octanol–water partition coefficient (Wildman–Crippen LogP) is 5.00. The van der Waals surface area contributed by atoms with Crippen LogP contribution in [0.5, 0.6) is 0 Å². The van der Waals surface area contributed by atoms with E-state index in [1.54, 1.807) is 0 Å². The average molecular weight is 423 g/mol. The zero-order valence-corrected chi connectivity index (χ0v) is 22.0. The van der Waals surface area contributed by atoms with Gasteiger partial charge in [-0.2, -0.15) is 0 Å². The van der Waals surface area contributed by atoms with Gasteiger partial charge < -0.3 is 11.5 Å². The molecule has 4 heteroatoms. The Hall–Kier alpha value is -0.160. The van der Waals surface area contributed by atoms with Gasteiger partial charge >= 0.3 is 0 Å². The molecule has 0 aromatic rings. The van der Waals surface area contributed by atoms with E-state index in [0.717, 1.165) is 0 Å². The Morgan fingerprint density at radius 2 is 0.900 bits per heavy atom. The number of nitrogens with zero attached hydrogens (tertiary/aromatic N) is 2. The Balaban J connectivity index is 1.77. The van der Waals surface area contributed by atoms with Crippen LogP contribution in [0.15, 0.2) is 0 Å². The molecule has 4 unspecified atom stereocenters. The van der Waals surface area contributed by atoms with Gasteiger partial charge in [0, 0.05) is 34.2 Å². The molecule has 178 valence electrons. The molecule has 2 rings (SSSR count). The summed E-state index contributed by atoms with van der Waals surface area (Å²) < 4.78 is 0. The number of hydrogen-bond acceptors (Lipinski definition) is 4. The summed E-state index contributed by atoms with van der Waals surface area (Å²) in [6, 6.07) is 0.523. The van der Waals surface area contributed by atoms with E-state index in [1.165, 1.54) is 51.4 Å². The summed E-state index contributed by atoms with van der Waals surface area (Å²) in [5.74, 6) is 1.27. The van der Waals surface area contributed by atoms with Crippen molar-refractivity contribution in [2.24, 2.45) is 23.3 Å². The average Bonchev–Trinajstić information content (AvgIpc) is 2.63. The molecule has 0 radical (unpaired) electrons. The minimum Gasteiger partial charge on any atom is -0.326 e. The molecule has 0 amide bonds. The summed E-state index contributed by atoms with van der Waals surface area (Å²) in [4.78, 5) is 4.99. The minimum absolute atomic E-state index is 0.0658. The largest absolute Gasteiger partial charge is 0.326 e. The van der Waals surface area contributed by atoms with E-state index in [-0.39, 0.29) is 34.2 Å². The van der Waals surface area contributed by atoms with Gasteiger partial charge in [0.1, 0.15) is 0 Å². The molecular formula is C26H54N4. The fraction of sp³-hybridized carbons (Fsp3) is 1.00. The standard InChI is InChI=1S/C26H54N4/c1-23(2)17-19(21(27)25(5,6)29(23)9)15-13-11-12-14-16-20-18-24(3,4)30(10)26(7,8)22(20)28/h19-22H,11-18,27-28H2,1-10H3. The maximum absolute atomic E-state index is 6.72. The first-order chi connectivity index (χ1) is 13.5. The molecule has 2 heterocycles. The molecule has 0 saturated carbocycles. The predicted molar refractivity (Wildman–Crippen MR) is 132 cm³/mol. The molecule has 2 aliphatic heterocycles. The van der Waals surface area contributed by atoms with Crippen molar-refractivity contribution in [3.8, 4) is 0 Å². The Morgan fingerprint density at radius 3 is 1.20 bits per heavy atom. The molecule has 2 fully saturated rings. The van der Waals surface area contributed by atoms with Crippen LogP contribution in [0.1, 0.15) is 107 Å². The van der Waals surface area contributed by atoms with Crippen LogP contribution in [-0.4, -0.2) is 58.1 Å². The molecule has 4 atom stereocenters. The number of nitrogens with two attached hydrogens (primary N) is 2. The van der Waals surface area contributed by atoms with Gasteiger partial charge in [-0.25, -0.2) is 0 Å². The SMILES string of the molecule is CN1C(C)(C)CC(CCCCCCC2CC(C)(C)N(C)C(C)(C)C2N)C(N)C1(C)C. The highest BCUT2D eigenvalue weighted by Crippen LogP contribution is 2.42. The third-order valence-electron chi connectivity index (χ3n) is 9.62. The van der Waals surface area contributed by atoms with Crippen molar-refractivity contribution in [2.45, 2.75) is 141 Å². The van der Waals surface area contributed by atoms with Crippen LogP contribution in [0.3, 0.4) is 0 Å². The number of piperidine rings is 2. The van der Waals surface area contributed by atoms with Gasteiger partial charge in [0.15, 0.2) is 0 Å². The van der Waals surface area contributed by atoms with Crippen molar-refractivity contribution < 1.29 is 0 Å². The highest BCUT2D eigenvalue weighted by Gasteiger charge is 2.49. The number of likely N-dealkylation sites (N-methyl/N-ethyl adjacent to an activating group) is 2. The summed E-state index contributed by atoms with van der Waals surface area (Å²) in [5.41, 5.74) is 14.0. The summed E-state index contributed by atoms with van der Waals surface area (Å²) in [6.45, 7) is 18.8. The van der Waals surface area contributed by atoms with Crippen LogP contribution in [0.4, 0.5) is 0 Å². The first-order valence-electron chi connectivity index (χ1n) is 12.5. The second-order valence-corrected chi connectivity index (χ2v) is 13.0. The van der Waals surface area contributed by atoms with Gasteiger partial charge in [-0.1, -0.05) is 25.7 Å². The van der Waals surface area contributed by atoms with Crippen molar-refractivity contribution in [1.29, 1.82) is 0 Å². The molecule has 30 heavy (non-hydrogen) atoms. The fourth-order valence-electron chi connectivity index (χ4n) is 6.70. The lowest BCUT2D eigenvalue weighted by atomic mass is 9.69. The monoisotopic (exact) mass is 422 g/mol. The fourth-order valence-corrected chi connectivity index (χ4v) is 6.70. The summed E-state index contributed by atoms with van der Waals surface area (Å²) >= 11 is 0. The summed E-state index contributed by atoms with van der Waals surface area (Å²) in [7, 11) is 4.48. The van der Waals surface area contributed by atoms with E-state index >= 15 is 0 Å². The zero-order chi connectivity index (χ0) is 23.1. The lowest BCUT2D eigenvalue weighted by molar-refractivity contribution is -0.0491. The Bertz CT molecular complexity index is 515. The van der Waals surface area contributed by atoms with Crippen molar-refractivity contribution in [2.75, 3.05) is 14.1 Å². The highest BCUT2D eigenvalue weighted by atomic mass is 15.3. The van der Waals surface area contributed by atoms with E-state index in [0.29, 0.717) is 11.8 Å². The molecule has 0 bridgehead atoms. The van der Waals surface area contributed by atoms with Crippen molar-refractivity contribution in [3.63, 3.8) is 0 Å². The number of likely N-dealkylation sites (tertiary alicyclic amines) is 2. The molecule has 4 nitrogen and oxygen atoms in total. The van der Waals surface area contributed by atoms with E-state index in [4.69, 9.17) is 11.5 Å². The van der Waals surface area contributed by atoms with Gasteiger partial charge in [0.05, 0.1) is 0 Å². The molecule has 4 N–H and O–H groups in total. The van der Waals surface area contributed by atoms with Crippen molar-refractivity contribution in [1.82, 2.24) is 9.80 Å². The maximum atomic E-state index is 6.72.